The van der Waals surface area contributed by atoms with Gasteiger partial charge >= 0.3 is 0 Å². The van der Waals surface area contributed by atoms with Crippen molar-refractivity contribution in [3.05, 3.63) is 41.5 Å². The summed E-state index contributed by atoms with van der Waals surface area (Å²) >= 11 is 0. The Morgan fingerprint density at radius 1 is 1.38 bits per heavy atom. The first-order chi connectivity index (χ1) is 7.50. The van der Waals surface area contributed by atoms with Gasteiger partial charge < -0.3 is 4.74 Å². The maximum absolute atomic E-state index is 5.78. The summed E-state index contributed by atoms with van der Waals surface area (Å²) in [6.45, 7) is 13.1. The highest BCUT2D eigenvalue weighted by Gasteiger charge is 2.04. The molecule has 0 unspecified atom stereocenters. The second-order valence-corrected chi connectivity index (χ2v) is 4.74. The van der Waals surface area contributed by atoms with Crippen molar-refractivity contribution in [2.24, 2.45) is 0 Å². The van der Waals surface area contributed by atoms with E-state index in [2.05, 4.69) is 45.5 Å². The van der Waals surface area contributed by atoms with Gasteiger partial charge in [-0.2, -0.15) is 0 Å². The summed E-state index contributed by atoms with van der Waals surface area (Å²) in [6, 6.07) is 6.45. The summed E-state index contributed by atoms with van der Waals surface area (Å²) in [4.78, 5) is 0. The molecule has 0 saturated carbocycles. The van der Waals surface area contributed by atoms with E-state index < -0.39 is 0 Å². The Hall–Kier alpha value is -1.24. The molecule has 88 valence electrons. The van der Waals surface area contributed by atoms with Crippen LogP contribution in [0.4, 0.5) is 0 Å². The van der Waals surface area contributed by atoms with Gasteiger partial charge in [-0.05, 0) is 37.0 Å². The van der Waals surface area contributed by atoms with Gasteiger partial charge in [0.25, 0.3) is 0 Å². The van der Waals surface area contributed by atoms with Crippen LogP contribution < -0.4 is 4.74 Å². The normalized spacial score (nSPS) is 10.6. The van der Waals surface area contributed by atoms with Crippen molar-refractivity contribution in [1.82, 2.24) is 0 Å². The number of benzene rings is 1. The van der Waals surface area contributed by atoms with E-state index in [1.807, 2.05) is 6.92 Å². The Morgan fingerprint density at radius 3 is 2.62 bits per heavy atom. The summed E-state index contributed by atoms with van der Waals surface area (Å²) in [5.74, 6) is 1.55. The lowest BCUT2D eigenvalue weighted by atomic mass is 10.0. The Balaban J connectivity index is 2.70. The first-order valence-electron chi connectivity index (χ1n) is 5.88. The summed E-state index contributed by atoms with van der Waals surface area (Å²) in [5, 5.41) is 0. The molecule has 0 saturated heterocycles. The fraction of sp³-hybridized carbons (Fsp3) is 0.467. The van der Waals surface area contributed by atoms with Gasteiger partial charge in [0.05, 0.1) is 6.61 Å². The molecule has 0 aromatic heterocycles. The molecule has 0 radical (unpaired) electrons. The van der Waals surface area contributed by atoms with Gasteiger partial charge in [-0.15, -0.1) is 6.58 Å². The molecule has 0 amide bonds. The van der Waals surface area contributed by atoms with E-state index in [4.69, 9.17) is 4.74 Å². The molecular formula is C15H22O. The minimum Gasteiger partial charge on any atom is -0.493 e. The Bertz CT molecular complexity index is 364. The van der Waals surface area contributed by atoms with Crippen molar-refractivity contribution in [3.63, 3.8) is 0 Å². The van der Waals surface area contributed by atoms with Crippen LogP contribution >= 0.6 is 0 Å². The second-order valence-electron chi connectivity index (χ2n) is 4.74. The SMILES string of the molecule is C=C(C)CCOc1cc(C(C)C)ccc1C. The molecule has 1 aromatic rings. The fourth-order valence-corrected chi connectivity index (χ4v) is 1.47. The van der Waals surface area contributed by atoms with E-state index in [9.17, 15) is 0 Å². The van der Waals surface area contributed by atoms with Gasteiger partial charge in [0.2, 0.25) is 0 Å². The van der Waals surface area contributed by atoms with E-state index in [1.165, 1.54) is 11.1 Å². The smallest absolute Gasteiger partial charge is 0.122 e. The van der Waals surface area contributed by atoms with Crippen LogP contribution in [0.25, 0.3) is 0 Å². The van der Waals surface area contributed by atoms with E-state index in [-0.39, 0.29) is 0 Å². The molecule has 16 heavy (non-hydrogen) atoms. The highest BCUT2D eigenvalue weighted by Crippen LogP contribution is 2.24. The summed E-state index contributed by atoms with van der Waals surface area (Å²) in [6.07, 6.45) is 0.922. The lowest BCUT2D eigenvalue weighted by Gasteiger charge is -2.12. The van der Waals surface area contributed by atoms with Crippen molar-refractivity contribution in [2.45, 2.75) is 40.0 Å². The van der Waals surface area contributed by atoms with E-state index in [1.54, 1.807) is 0 Å². The molecule has 0 bridgehead atoms. The van der Waals surface area contributed by atoms with Crippen molar-refractivity contribution in [2.75, 3.05) is 6.61 Å². The highest BCUT2D eigenvalue weighted by atomic mass is 16.5. The van der Waals surface area contributed by atoms with Crippen molar-refractivity contribution in [1.29, 1.82) is 0 Å². The Morgan fingerprint density at radius 2 is 2.06 bits per heavy atom. The maximum atomic E-state index is 5.78. The Labute approximate surface area is 99.1 Å². The average molecular weight is 218 g/mol. The lowest BCUT2D eigenvalue weighted by Crippen LogP contribution is -2.00. The number of hydrogen-bond donors (Lipinski definition) is 0. The molecule has 0 spiro atoms. The topological polar surface area (TPSA) is 9.23 Å². The average Bonchev–Trinajstić information content (AvgIpc) is 2.20. The van der Waals surface area contributed by atoms with Crippen LogP contribution in [0.15, 0.2) is 30.4 Å². The predicted molar refractivity (Wildman–Crippen MR) is 70.2 cm³/mol. The van der Waals surface area contributed by atoms with Crippen LogP contribution in [0.3, 0.4) is 0 Å². The van der Waals surface area contributed by atoms with Gasteiger partial charge in [0.1, 0.15) is 5.75 Å². The standard InChI is InChI=1S/C15H22O/c1-11(2)8-9-16-15-10-14(12(3)4)7-6-13(15)5/h6-7,10,12H,1,8-9H2,2-5H3. The zero-order chi connectivity index (χ0) is 12.1. The summed E-state index contributed by atoms with van der Waals surface area (Å²) in [7, 11) is 0. The zero-order valence-electron chi connectivity index (χ0n) is 10.8. The van der Waals surface area contributed by atoms with Gasteiger partial charge in [-0.25, -0.2) is 0 Å². The lowest BCUT2D eigenvalue weighted by molar-refractivity contribution is 0.319. The monoisotopic (exact) mass is 218 g/mol. The number of hydrogen-bond acceptors (Lipinski definition) is 1. The van der Waals surface area contributed by atoms with Crippen molar-refractivity contribution in [3.8, 4) is 5.75 Å². The minimum absolute atomic E-state index is 0.545. The predicted octanol–water partition coefficient (Wildman–Crippen LogP) is 4.46. The maximum Gasteiger partial charge on any atom is 0.122 e. The Kier molecular flexibility index (Phi) is 4.60. The molecule has 1 nitrogen and oxygen atoms in total. The van der Waals surface area contributed by atoms with Crippen LogP contribution in [-0.4, -0.2) is 6.61 Å². The number of rotatable bonds is 5. The number of aryl methyl sites for hydroxylation is 1. The molecule has 0 fully saturated rings. The molecule has 0 aliphatic heterocycles. The van der Waals surface area contributed by atoms with Crippen molar-refractivity contribution >= 4 is 0 Å². The van der Waals surface area contributed by atoms with Crippen molar-refractivity contribution < 1.29 is 4.74 Å². The highest BCUT2D eigenvalue weighted by molar-refractivity contribution is 5.37. The molecule has 0 atom stereocenters. The third-order valence-electron chi connectivity index (χ3n) is 2.67. The third kappa shape index (κ3) is 3.73. The van der Waals surface area contributed by atoms with Gasteiger partial charge in [-0.1, -0.05) is 31.6 Å². The third-order valence-corrected chi connectivity index (χ3v) is 2.67. The molecule has 0 N–H and O–H groups in total. The molecule has 1 heteroatoms. The molecule has 0 heterocycles. The van der Waals surface area contributed by atoms with Crippen LogP contribution in [0, 0.1) is 6.92 Å². The minimum atomic E-state index is 0.545. The molecule has 0 aliphatic carbocycles. The molecule has 0 aliphatic rings. The van der Waals surface area contributed by atoms with Gasteiger partial charge in [0, 0.05) is 6.42 Å². The fourth-order valence-electron chi connectivity index (χ4n) is 1.47. The number of ether oxygens (including phenoxy) is 1. The van der Waals surface area contributed by atoms with Gasteiger partial charge in [0.15, 0.2) is 0 Å². The van der Waals surface area contributed by atoms with Gasteiger partial charge in [-0.3, -0.25) is 0 Å². The van der Waals surface area contributed by atoms with Crippen LogP contribution in [0.2, 0.25) is 0 Å². The van der Waals surface area contributed by atoms with E-state index in [0.29, 0.717) is 5.92 Å². The van der Waals surface area contributed by atoms with E-state index in [0.717, 1.165) is 24.4 Å². The van der Waals surface area contributed by atoms with Crippen LogP contribution in [0.1, 0.15) is 44.2 Å². The zero-order valence-corrected chi connectivity index (χ0v) is 10.8. The molecular weight excluding hydrogens is 196 g/mol. The van der Waals surface area contributed by atoms with E-state index >= 15 is 0 Å². The molecule has 1 aromatic carbocycles. The summed E-state index contributed by atoms with van der Waals surface area (Å²) < 4.78 is 5.78. The van der Waals surface area contributed by atoms with Crippen LogP contribution in [-0.2, 0) is 0 Å². The quantitative estimate of drug-likeness (QED) is 0.663. The molecule has 1 rings (SSSR count). The van der Waals surface area contributed by atoms with Crippen LogP contribution in [0.5, 0.6) is 5.75 Å². The first kappa shape index (κ1) is 12.8. The summed E-state index contributed by atoms with van der Waals surface area (Å²) in [5.41, 5.74) is 3.69. The first-order valence-corrected chi connectivity index (χ1v) is 5.88. The largest absolute Gasteiger partial charge is 0.493 e. The second kappa shape index (κ2) is 5.74.